The molecule has 1 atom stereocenters. The SMILES string of the molecule is Cc1ccccc1C1(C)NC(=O)N(CC(=O)Nc2ccc3c(c2)OCCCO3)C1=O. The summed E-state index contributed by atoms with van der Waals surface area (Å²) in [6, 6.07) is 11.8. The normalized spacial score (nSPS) is 20.5. The van der Waals surface area contributed by atoms with E-state index < -0.39 is 23.4 Å². The zero-order chi connectivity index (χ0) is 21.3. The van der Waals surface area contributed by atoms with Gasteiger partial charge in [-0.2, -0.15) is 0 Å². The Labute approximate surface area is 174 Å². The van der Waals surface area contributed by atoms with Gasteiger partial charge in [-0.25, -0.2) is 4.79 Å². The summed E-state index contributed by atoms with van der Waals surface area (Å²) in [7, 11) is 0. The van der Waals surface area contributed by atoms with Gasteiger partial charge in [-0.15, -0.1) is 0 Å². The van der Waals surface area contributed by atoms with Crippen molar-refractivity contribution in [1.82, 2.24) is 10.2 Å². The van der Waals surface area contributed by atoms with E-state index in [1.54, 1.807) is 31.2 Å². The highest BCUT2D eigenvalue weighted by Gasteiger charge is 2.50. The molecule has 1 saturated heterocycles. The number of urea groups is 1. The van der Waals surface area contributed by atoms with Crippen molar-refractivity contribution >= 4 is 23.5 Å². The average Bonchev–Trinajstić information content (AvgIpc) is 2.88. The molecule has 1 unspecified atom stereocenters. The fraction of sp³-hybridized carbons (Fsp3) is 0.318. The molecule has 156 valence electrons. The highest BCUT2D eigenvalue weighted by molar-refractivity contribution is 6.10. The largest absolute Gasteiger partial charge is 0.490 e. The van der Waals surface area contributed by atoms with E-state index in [0.29, 0.717) is 36.0 Å². The third kappa shape index (κ3) is 3.56. The third-order valence-corrected chi connectivity index (χ3v) is 5.29. The molecular weight excluding hydrogens is 386 g/mol. The maximum Gasteiger partial charge on any atom is 0.325 e. The number of hydrogen-bond donors (Lipinski definition) is 2. The summed E-state index contributed by atoms with van der Waals surface area (Å²) in [4.78, 5) is 39.0. The number of amides is 4. The number of rotatable bonds is 4. The Hall–Kier alpha value is -3.55. The van der Waals surface area contributed by atoms with Crippen molar-refractivity contribution < 1.29 is 23.9 Å². The molecule has 30 heavy (non-hydrogen) atoms. The lowest BCUT2D eigenvalue weighted by atomic mass is 9.88. The highest BCUT2D eigenvalue weighted by atomic mass is 16.5. The first-order valence-electron chi connectivity index (χ1n) is 9.78. The minimum Gasteiger partial charge on any atom is -0.490 e. The maximum atomic E-state index is 13.0. The van der Waals surface area contributed by atoms with Gasteiger partial charge in [-0.05, 0) is 37.1 Å². The predicted molar refractivity (Wildman–Crippen MR) is 109 cm³/mol. The monoisotopic (exact) mass is 409 g/mol. The quantitative estimate of drug-likeness (QED) is 0.757. The Balaban J connectivity index is 1.47. The van der Waals surface area contributed by atoms with Gasteiger partial charge in [0.15, 0.2) is 11.5 Å². The number of benzene rings is 2. The van der Waals surface area contributed by atoms with Crippen LogP contribution in [0, 0.1) is 6.92 Å². The van der Waals surface area contributed by atoms with E-state index in [1.165, 1.54) is 0 Å². The fourth-order valence-electron chi connectivity index (χ4n) is 3.74. The van der Waals surface area contributed by atoms with Crippen molar-refractivity contribution in [1.29, 1.82) is 0 Å². The van der Waals surface area contributed by atoms with Crippen LogP contribution in [0.5, 0.6) is 11.5 Å². The maximum absolute atomic E-state index is 13.0. The van der Waals surface area contributed by atoms with Crippen LogP contribution < -0.4 is 20.1 Å². The second-order valence-electron chi connectivity index (χ2n) is 7.52. The summed E-state index contributed by atoms with van der Waals surface area (Å²) in [5.74, 6) is 0.221. The molecule has 8 heteroatoms. The van der Waals surface area contributed by atoms with Gasteiger partial charge in [0.25, 0.3) is 5.91 Å². The average molecular weight is 409 g/mol. The second kappa shape index (κ2) is 7.70. The van der Waals surface area contributed by atoms with E-state index in [1.807, 2.05) is 25.1 Å². The Bertz CT molecular complexity index is 1020. The number of hydrogen-bond acceptors (Lipinski definition) is 5. The molecule has 2 heterocycles. The van der Waals surface area contributed by atoms with Crippen molar-refractivity contribution in [3.8, 4) is 11.5 Å². The fourth-order valence-corrected chi connectivity index (χ4v) is 3.74. The molecule has 0 radical (unpaired) electrons. The molecule has 4 rings (SSSR count). The smallest absolute Gasteiger partial charge is 0.325 e. The first-order valence-corrected chi connectivity index (χ1v) is 9.78. The van der Waals surface area contributed by atoms with Crippen LogP contribution in [0.15, 0.2) is 42.5 Å². The Morgan fingerprint density at radius 2 is 1.87 bits per heavy atom. The minimum atomic E-state index is -1.21. The van der Waals surface area contributed by atoms with Crippen LogP contribution in [-0.2, 0) is 15.1 Å². The van der Waals surface area contributed by atoms with Crippen LogP contribution in [0.3, 0.4) is 0 Å². The lowest BCUT2D eigenvalue weighted by Gasteiger charge is -2.24. The van der Waals surface area contributed by atoms with Crippen LogP contribution in [0.1, 0.15) is 24.5 Å². The van der Waals surface area contributed by atoms with E-state index >= 15 is 0 Å². The lowest BCUT2D eigenvalue weighted by Crippen LogP contribution is -2.42. The zero-order valence-electron chi connectivity index (χ0n) is 16.9. The van der Waals surface area contributed by atoms with Gasteiger partial charge in [0.2, 0.25) is 5.91 Å². The minimum absolute atomic E-state index is 0.388. The molecule has 2 aliphatic rings. The number of ether oxygens (including phenoxy) is 2. The van der Waals surface area contributed by atoms with Gasteiger partial charge in [0, 0.05) is 18.2 Å². The molecule has 2 aromatic carbocycles. The summed E-state index contributed by atoms with van der Waals surface area (Å²) in [6.07, 6.45) is 0.780. The number of aryl methyl sites for hydroxylation is 1. The molecule has 0 aliphatic carbocycles. The van der Waals surface area contributed by atoms with Crippen LogP contribution in [0.4, 0.5) is 10.5 Å². The zero-order valence-corrected chi connectivity index (χ0v) is 16.9. The molecule has 2 aliphatic heterocycles. The van der Waals surface area contributed by atoms with Crippen molar-refractivity contribution in [3.05, 3.63) is 53.6 Å². The van der Waals surface area contributed by atoms with Crippen molar-refractivity contribution in [2.24, 2.45) is 0 Å². The molecule has 0 bridgehead atoms. The lowest BCUT2D eigenvalue weighted by molar-refractivity contribution is -0.133. The van der Waals surface area contributed by atoms with Crippen LogP contribution in [0.25, 0.3) is 0 Å². The third-order valence-electron chi connectivity index (χ3n) is 5.29. The van der Waals surface area contributed by atoms with Gasteiger partial charge in [-0.1, -0.05) is 24.3 Å². The van der Waals surface area contributed by atoms with Crippen molar-refractivity contribution in [2.75, 3.05) is 25.1 Å². The van der Waals surface area contributed by atoms with E-state index in [2.05, 4.69) is 10.6 Å². The number of anilines is 1. The summed E-state index contributed by atoms with van der Waals surface area (Å²) >= 11 is 0. The van der Waals surface area contributed by atoms with Crippen molar-refractivity contribution in [2.45, 2.75) is 25.8 Å². The molecule has 8 nitrogen and oxygen atoms in total. The Morgan fingerprint density at radius 1 is 1.13 bits per heavy atom. The highest BCUT2D eigenvalue weighted by Crippen LogP contribution is 2.33. The summed E-state index contributed by atoms with van der Waals surface area (Å²) < 4.78 is 11.2. The first kappa shape index (κ1) is 19.8. The van der Waals surface area contributed by atoms with Crippen LogP contribution >= 0.6 is 0 Å². The standard InChI is InChI=1S/C22H23N3O5/c1-14-6-3-4-7-16(14)22(2)20(27)25(21(28)24-22)13-19(26)23-15-8-9-17-18(12-15)30-11-5-10-29-17/h3-4,6-9,12H,5,10-11,13H2,1-2H3,(H,23,26)(H,24,28). The Morgan fingerprint density at radius 3 is 2.63 bits per heavy atom. The second-order valence-corrected chi connectivity index (χ2v) is 7.52. The molecular formula is C22H23N3O5. The molecule has 0 aromatic heterocycles. The number of carbonyl (C=O) groups is 3. The number of nitrogens with one attached hydrogen (secondary N) is 2. The van der Waals surface area contributed by atoms with E-state index in [4.69, 9.17) is 9.47 Å². The van der Waals surface area contributed by atoms with Crippen LogP contribution in [0.2, 0.25) is 0 Å². The van der Waals surface area contributed by atoms with Gasteiger partial charge < -0.3 is 20.1 Å². The molecule has 1 fully saturated rings. The number of fused-ring (bicyclic) bond motifs is 1. The number of imide groups is 1. The molecule has 0 saturated carbocycles. The summed E-state index contributed by atoms with van der Waals surface area (Å²) in [6.45, 7) is 4.24. The van der Waals surface area contributed by atoms with Crippen LogP contribution in [-0.4, -0.2) is 42.5 Å². The first-order chi connectivity index (χ1) is 14.4. The molecule has 2 aromatic rings. The topological polar surface area (TPSA) is 97.0 Å². The van der Waals surface area contributed by atoms with Crippen molar-refractivity contribution in [3.63, 3.8) is 0 Å². The number of nitrogens with zero attached hydrogens (tertiary/aromatic N) is 1. The van der Waals surface area contributed by atoms with E-state index in [9.17, 15) is 14.4 Å². The summed E-state index contributed by atoms with van der Waals surface area (Å²) in [5, 5.41) is 5.44. The van der Waals surface area contributed by atoms with Gasteiger partial charge in [0.05, 0.1) is 13.2 Å². The number of carbonyl (C=O) groups excluding carboxylic acids is 3. The van der Waals surface area contributed by atoms with E-state index in [-0.39, 0.29) is 6.54 Å². The van der Waals surface area contributed by atoms with E-state index in [0.717, 1.165) is 16.9 Å². The predicted octanol–water partition coefficient (Wildman–Crippen LogP) is 2.56. The Kier molecular flexibility index (Phi) is 5.07. The van der Waals surface area contributed by atoms with Gasteiger partial charge >= 0.3 is 6.03 Å². The van der Waals surface area contributed by atoms with Gasteiger partial charge in [-0.3, -0.25) is 14.5 Å². The van der Waals surface area contributed by atoms with Gasteiger partial charge in [0.1, 0.15) is 12.1 Å². The summed E-state index contributed by atoms with van der Waals surface area (Å²) in [5.41, 5.74) is 0.872. The molecule has 4 amide bonds. The molecule has 2 N–H and O–H groups in total. The molecule has 0 spiro atoms.